The van der Waals surface area contributed by atoms with Crippen LogP contribution in [0.25, 0.3) is 22.0 Å². The molecule has 1 N–H and O–H groups in total. The predicted molar refractivity (Wildman–Crippen MR) is 137 cm³/mol. The van der Waals surface area contributed by atoms with Gasteiger partial charge in [0.05, 0.1) is 11.2 Å². The molecule has 1 atom stereocenters. The Morgan fingerprint density at radius 3 is 2.40 bits per heavy atom. The van der Waals surface area contributed by atoms with Crippen molar-refractivity contribution >= 4 is 22.6 Å². The maximum Gasteiger partial charge on any atom is 0.341 e. The van der Waals surface area contributed by atoms with Gasteiger partial charge in [-0.15, -0.1) is 0 Å². The van der Waals surface area contributed by atoms with Crippen LogP contribution in [0.4, 0.5) is 10.1 Å². The fourth-order valence-corrected chi connectivity index (χ4v) is 5.16. The average molecular weight is 471 g/mol. The van der Waals surface area contributed by atoms with E-state index in [2.05, 4.69) is 6.92 Å². The zero-order valence-electron chi connectivity index (χ0n) is 19.8. The van der Waals surface area contributed by atoms with Gasteiger partial charge >= 0.3 is 5.97 Å². The molecule has 5 nitrogen and oxygen atoms in total. The molecule has 1 saturated heterocycles. The highest BCUT2D eigenvalue weighted by Gasteiger charge is 2.26. The lowest BCUT2D eigenvalue weighted by atomic mass is 10.0. The van der Waals surface area contributed by atoms with E-state index in [0.29, 0.717) is 29.2 Å². The second kappa shape index (κ2) is 9.02. The van der Waals surface area contributed by atoms with Crippen molar-refractivity contribution in [2.24, 2.45) is 5.92 Å². The Balaban J connectivity index is 1.64. The van der Waals surface area contributed by atoms with Crippen molar-refractivity contribution in [2.45, 2.75) is 26.8 Å². The van der Waals surface area contributed by atoms with Crippen LogP contribution >= 0.6 is 0 Å². The number of fused-ring (bicyclic) bond motifs is 1. The molecule has 0 bridgehead atoms. The molecule has 1 aromatic heterocycles. The highest BCUT2D eigenvalue weighted by Crippen LogP contribution is 2.34. The first-order chi connectivity index (χ1) is 16.8. The fraction of sp³-hybridized carbons (Fsp3) is 0.241. The Morgan fingerprint density at radius 1 is 1.09 bits per heavy atom. The van der Waals surface area contributed by atoms with E-state index in [-0.39, 0.29) is 10.9 Å². The number of hydrogen-bond acceptors (Lipinski definition) is 3. The second-order valence-corrected chi connectivity index (χ2v) is 9.44. The largest absolute Gasteiger partial charge is 0.477 e. The van der Waals surface area contributed by atoms with Crippen LogP contribution in [0.5, 0.6) is 0 Å². The number of benzene rings is 3. The number of hydrogen-bond donors (Lipinski definition) is 1. The van der Waals surface area contributed by atoms with Crippen LogP contribution < -0.4 is 10.3 Å². The molecule has 0 aliphatic carbocycles. The van der Waals surface area contributed by atoms with Gasteiger partial charge in [-0.1, -0.05) is 61.5 Å². The highest BCUT2D eigenvalue weighted by atomic mass is 19.1. The van der Waals surface area contributed by atoms with E-state index in [9.17, 15) is 14.7 Å². The Morgan fingerprint density at radius 2 is 1.77 bits per heavy atom. The maximum absolute atomic E-state index is 15.3. The molecule has 4 aromatic rings. The van der Waals surface area contributed by atoms with E-state index in [1.807, 2.05) is 66.4 Å². The van der Waals surface area contributed by atoms with Crippen molar-refractivity contribution in [3.05, 3.63) is 99.6 Å². The van der Waals surface area contributed by atoms with Gasteiger partial charge in [-0.25, -0.2) is 9.18 Å². The Bertz CT molecular complexity index is 1480. The van der Waals surface area contributed by atoms with E-state index < -0.39 is 17.2 Å². The smallest absolute Gasteiger partial charge is 0.341 e. The number of carbonyl (C=O) groups is 1. The lowest BCUT2D eigenvalue weighted by Crippen LogP contribution is -2.24. The van der Waals surface area contributed by atoms with Crippen LogP contribution in [-0.2, 0) is 6.54 Å². The number of nitrogens with zero attached hydrogens (tertiary/aromatic N) is 2. The van der Waals surface area contributed by atoms with E-state index in [0.717, 1.165) is 36.2 Å². The van der Waals surface area contributed by atoms with Gasteiger partial charge in [0.1, 0.15) is 11.4 Å². The van der Waals surface area contributed by atoms with Crippen LogP contribution in [-0.4, -0.2) is 28.7 Å². The maximum atomic E-state index is 15.3. The molecule has 178 valence electrons. The van der Waals surface area contributed by atoms with E-state index in [1.165, 1.54) is 12.3 Å². The van der Waals surface area contributed by atoms with Crippen LogP contribution in [0.15, 0.2) is 71.7 Å². The van der Waals surface area contributed by atoms with Gasteiger partial charge in [0.25, 0.3) is 0 Å². The summed E-state index contributed by atoms with van der Waals surface area (Å²) in [5.41, 5.74) is 3.84. The van der Waals surface area contributed by atoms with Gasteiger partial charge in [-0.2, -0.15) is 0 Å². The SMILES string of the molecule is Cc1c(N2CCC(C)C2)c(F)cc2c(=O)c(C(=O)O)cn(Cc3ccc(-c4ccccc4)cc3)c12. The van der Waals surface area contributed by atoms with E-state index in [4.69, 9.17) is 0 Å². The predicted octanol–water partition coefficient (Wildman–Crippen LogP) is 5.71. The van der Waals surface area contributed by atoms with Crippen molar-refractivity contribution in [3.8, 4) is 11.1 Å². The standard InChI is InChI=1S/C29H27FN2O3/c1-18-12-13-31(15-18)27-19(2)26-23(14-25(27)30)28(33)24(29(34)35)17-32(26)16-20-8-10-22(11-9-20)21-6-4-3-5-7-21/h3-11,14,17-18H,12-13,15-16H2,1-2H3,(H,34,35). The Kier molecular flexibility index (Phi) is 5.89. The van der Waals surface area contributed by atoms with Gasteiger partial charge in [0.15, 0.2) is 0 Å². The molecule has 6 heteroatoms. The number of carboxylic acids is 1. The van der Waals surface area contributed by atoms with E-state index >= 15 is 4.39 Å². The van der Waals surface area contributed by atoms with Crippen LogP contribution in [0.1, 0.15) is 34.8 Å². The molecule has 2 heterocycles. The summed E-state index contributed by atoms with van der Waals surface area (Å²) in [7, 11) is 0. The fourth-order valence-electron chi connectivity index (χ4n) is 5.16. The Labute approximate surface area is 203 Å². The first kappa shape index (κ1) is 22.8. The zero-order valence-corrected chi connectivity index (χ0v) is 19.8. The molecular weight excluding hydrogens is 443 g/mol. The topological polar surface area (TPSA) is 62.5 Å². The molecule has 1 fully saturated rings. The van der Waals surface area contributed by atoms with Crippen LogP contribution in [0.2, 0.25) is 0 Å². The van der Waals surface area contributed by atoms with Crippen LogP contribution in [0.3, 0.4) is 0 Å². The minimum atomic E-state index is -1.32. The van der Waals surface area contributed by atoms with Gasteiger partial charge in [-0.3, -0.25) is 4.79 Å². The number of rotatable bonds is 5. The molecule has 35 heavy (non-hydrogen) atoms. The highest BCUT2D eigenvalue weighted by molar-refractivity contribution is 5.95. The molecular formula is C29H27FN2O3. The molecule has 0 saturated carbocycles. The minimum Gasteiger partial charge on any atom is -0.477 e. The summed E-state index contributed by atoms with van der Waals surface area (Å²) in [5.74, 6) is -1.34. The molecule has 1 unspecified atom stereocenters. The van der Waals surface area contributed by atoms with Crippen molar-refractivity contribution in [1.29, 1.82) is 0 Å². The molecule has 1 aliphatic heterocycles. The summed E-state index contributed by atoms with van der Waals surface area (Å²) >= 11 is 0. The lowest BCUT2D eigenvalue weighted by Gasteiger charge is -2.24. The molecule has 0 radical (unpaired) electrons. The van der Waals surface area contributed by atoms with Gasteiger partial charge in [0, 0.05) is 31.2 Å². The summed E-state index contributed by atoms with van der Waals surface area (Å²) in [5, 5.41) is 9.75. The number of aryl methyl sites for hydroxylation is 1. The second-order valence-electron chi connectivity index (χ2n) is 9.44. The third kappa shape index (κ3) is 4.20. The molecule has 0 spiro atoms. The number of aromatic nitrogens is 1. The lowest BCUT2D eigenvalue weighted by molar-refractivity contribution is 0.0695. The summed E-state index contributed by atoms with van der Waals surface area (Å²) < 4.78 is 17.1. The van der Waals surface area contributed by atoms with Crippen molar-refractivity contribution in [3.63, 3.8) is 0 Å². The third-order valence-corrected chi connectivity index (χ3v) is 6.91. The van der Waals surface area contributed by atoms with Crippen molar-refractivity contribution < 1.29 is 14.3 Å². The molecule has 5 rings (SSSR count). The van der Waals surface area contributed by atoms with Crippen molar-refractivity contribution in [1.82, 2.24) is 4.57 Å². The number of anilines is 1. The quantitative estimate of drug-likeness (QED) is 0.406. The van der Waals surface area contributed by atoms with E-state index in [1.54, 1.807) is 4.57 Å². The molecule has 3 aromatic carbocycles. The summed E-state index contributed by atoms with van der Waals surface area (Å²) in [6, 6.07) is 19.3. The number of pyridine rings is 1. The average Bonchev–Trinajstić information content (AvgIpc) is 3.27. The first-order valence-electron chi connectivity index (χ1n) is 11.8. The molecule has 0 amide bonds. The first-order valence-corrected chi connectivity index (χ1v) is 11.8. The normalized spacial score (nSPS) is 15.6. The third-order valence-electron chi connectivity index (χ3n) is 6.91. The van der Waals surface area contributed by atoms with Crippen LogP contribution in [0, 0.1) is 18.7 Å². The van der Waals surface area contributed by atoms with Crippen molar-refractivity contribution in [2.75, 3.05) is 18.0 Å². The number of carboxylic acid groups (broad SMARTS) is 1. The van der Waals surface area contributed by atoms with Gasteiger partial charge in [0.2, 0.25) is 5.43 Å². The Hall–Kier alpha value is -3.93. The van der Waals surface area contributed by atoms with Gasteiger partial charge in [-0.05, 0) is 47.6 Å². The number of aromatic carboxylic acids is 1. The number of halogens is 1. The molecule has 1 aliphatic rings. The zero-order chi connectivity index (χ0) is 24.7. The minimum absolute atomic E-state index is 0.0943. The van der Waals surface area contributed by atoms with Gasteiger partial charge < -0.3 is 14.6 Å². The monoisotopic (exact) mass is 470 g/mol. The summed E-state index contributed by atoms with van der Waals surface area (Å²) in [4.78, 5) is 26.9. The summed E-state index contributed by atoms with van der Waals surface area (Å²) in [6.07, 6.45) is 2.37. The summed E-state index contributed by atoms with van der Waals surface area (Å²) in [6.45, 7) is 5.82.